The third kappa shape index (κ3) is 2.36. The van der Waals surface area contributed by atoms with Gasteiger partial charge in [-0.25, -0.2) is 4.39 Å². The van der Waals surface area contributed by atoms with Gasteiger partial charge in [0.25, 0.3) is 5.91 Å². The number of nitrogens with two attached hydrogens (primary N) is 1. The van der Waals surface area contributed by atoms with Gasteiger partial charge in [0.1, 0.15) is 5.82 Å². The monoisotopic (exact) mass is 285 g/mol. The van der Waals surface area contributed by atoms with Crippen LogP contribution in [0.4, 0.5) is 15.8 Å². The second kappa shape index (κ2) is 5.18. The zero-order valence-electron chi connectivity index (χ0n) is 11.7. The minimum absolute atomic E-state index is 0.111. The predicted octanol–water partition coefficient (Wildman–Crippen LogP) is 2.62. The van der Waals surface area contributed by atoms with Crippen molar-refractivity contribution in [2.75, 3.05) is 16.9 Å². The Bertz CT molecular complexity index is 715. The van der Waals surface area contributed by atoms with Crippen LogP contribution in [-0.2, 0) is 6.42 Å². The standard InChI is InChI=1S/C16H16FN3O/c1-10-8-13(19-18)4-5-14(10)16(21)20-7-6-11-2-3-12(17)9-15(11)20/h2-5,8-9,19H,6-7,18H2,1H3. The van der Waals surface area contributed by atoms with Crippen LogP contribution in [0, 0.1) is 12.7 Å². The molecule has 0 bridgehead atoms. The molecule has 2 aromatic rings. The van der Waals surface area contributed by atoms with Gasteiger partial charge in [-0.05, 0) is 54.8 Å². The Labute approximate surface area is 122 Å². The van der Waals surface area contributed by atoms with Crippen LogP contribution in [0.3, 0.4) is 0 Å². The number of nitrogens with one attached hydrogen (secondary N) is 1. The van der Waals surface area contributed by atoms with Gasteiger partial charge in [0.15, 0.2) is 0 Å². The molecule has 1 aliphatic heterocycles. The lowest BCUT2D eigenvalue weighted by molar-refractivity contribution is 0.0989. The van der Waals surface area contributed by atoms with Gasteiger partial charge < -0.3 is 10.3 Å². The van der Waals surface area contributed by atoms with Crippen LogP contribution < -0.4 is 16.2 Å². The predicted molar refractivity (Wildman–Crippen MR) is 80.8 cm³/mol. The molecular formula is C16H16FN3O. The molecule has 0 unspecified atom stereocenters. The largest absolute Gasteiger partial charge is 0.324 e. The van der Waals surface area contributed by atoms with E-state index in [1.54, 1.807) is 23.1 Å². The zero-order valence-corrected chi connectivity index (χ0v) is 11.7. The van der Waals surface area contributed by atoms with Gasteiger partial charge in [-0.1, -0.05) is 6.07 Å². The summed E-state index contributed by atoms with van der Waals surface area (Å²) in [6, 6.07) is 9.90. The van der Waals surface area contributed by atoms with E-state index >= 15 is 0 Å². The second-order valence-electron chi connectivity index (χ2n) is 5.15. The number of benzene rings is 2. The molecule has 5 heteroatoms. The molecule has 1 amide bonds. The Kier molecular flexibility index (Phi) is 3.35. The Morgan fingerprint density at radius 1 is 1.29 bits per heavy atom. The third-order valence-electron chi connectivity index (χ3n) is 3.81. The van der Waals surface area contributed by atoms with E-state index in [0.717, 1.165) is 23.2 Å². The molecule has 0 spiro atoms. The van der Waals surface area contributed by atoms with E-state index in [1.807, 2.05) is 13.0 Å². The molecular weight excluding hydrogens is 269 g/mol. The highest BCUT2D eigenvalue weighted by Gasteiger charge is 2.26. The van der Waals surface area contributed by atoms with E-state index in [0.29, 0.717) is 17.8 Å². The van der Waals surface area contributed by atoms with Crippen molar-refractivity contribution in [1.82, 2.24) is 0 Å². The minimum atomic E-state index is -0.326. The van der Waals surface area contributed by atoms with Gasteiger partial charge in [0.2, 0.25) is 0 Å². The summed E-state index contributed by atoms with van der Waals surface area (Å²) in [6.07, 6.45) is 0.753. The lowest BCUT2D eigenvalue weighted by atomic mass is 10.1. The van der Waals surface area contributed by atoms with E-state index < -0.39 is 0 Å². The highest BCUT2D eigenvalue weighted by Crippen LogP contribution is 2.30. The maximum Gasteiger partial charge on any atom is 0.258 e. The summed E-state index contributed by atoms with van der Waals surface area (Å²) < 4.78 is 13.4. The van der Waals surface area contributed by atoms with Crippen LogP contribution in [0.1, 0.15) is 21.5 Å². The third-order valence-corrected chi connectivity index (χ3v) is 3.81. The zero-order chi connectivity index (χ0) is 15.0. The summed E-state index contributed by atoms with van der Waals surface area (Å²) in [5.74, 6) is 4.92. The first kappa shape index (κ1) is 13.6. The fourth-order valence-electron chi connectivity index (χ4n) is 2.70. The second-order valence-corrected chi connectivity index (χ2v) is 5.15. The first-order valence-corrected chi connectivity index (χ1v) is 6.77. The van der Waals surface area contributed by atoms with Gasteiger partial charge in [-0.3, -0.25) is 10.6 Å². The smallest absolute Gasteiger partial charge is 0.258 e. The molecule has 0 saturated heterocycles. The summed E-state index contributed by atoms with van der Waals surface area (Å²) in [6.45, 7) is 2.44. The molecule has 108 valence electrons. The SMILES string of the molecule is Cc1cc(NN)ccc1C(=O)N1CCc2ccc(F)cc21. The number of amides is 1. The van der Waals surface area contributed by atoms with Gasteiger partial charge in [0, 0.05) is 17.8 Å². The first-order chi connectivity index (χ1) is 10.1. The van der Waals surface area contributed by atoms with E-state index in [2.05, 4.69) is 5.43 Å². The lowest BCUT2D eigenvalue weighted by Gasteiger charge is -2.19. The van der Waals surface area contributed by atoms with E-state index in [4.69, 9.17) is 5.84 Å². The van der Waals surface area contributed by atoms with Crippen LogP contribution >= 0.6 is 0 Å². The Morgan fingerprint density at radius 3 is 2.81 bits per heavy atom. The molecule has 0 fully saturated rings. The van der Waals surface area contributed by atoms with Crippen molar-refractivity contribution in [2.24, 2.45) is 5.84 Å². The van der Waals surface area contributed by atoms with Crippen molar-refractivity contribution in [1.29, 1.82) is 0 Å². The van der Waals surface area contributed by atoms with Crippen molar-refractivity contribution in [3.05, 3.63) is 58.9 Å². The molecule has 2 aromatic carbocycles. The summed E-state index contributed by atoms with van der Waals surface area (Å²) in [4.78, 5) is 14.3. The quantitative estimate of drug-likeness (QED) is 0.658. The van der Waals surface area contributed by atoms with Crippen molar-refractivity contribution < 1.29 is 9.18 Å². The fourth-order valence-corrected chi connectivity index (χ4v) is 2.70. The molecule has 0 radical (unpaired) electrons. The van der Waals surface area contributed by atoms with Crippen LogP contribution in [0.2, 0.25) is 0 Å². The molecule has 1 heterocycles. The van der Waals surface area contributed by atoms with Crippen molar-refractivity contribution in [3.63, 3.8) is 0 Å². The highest BCUT2D eigenvalue weighted by atomic mass is 19.1. The molecule has 1 aliphatic rings. The average Bonchev–Trinajstić information content (AvgIpc) is 2.89. The normalized spacial score (nSPS) is 13.2. The Hall–Kier alpha value is -2.40. The molecule has 0 aromatic heterocycles. The van der Waals surface area contributed by atoms with Gasteiger partial charge in [-0.2, -0.15) is 0 Å². The summed E-state index contributed by atoms with van der Waals surface area (Å²) in [5, 5.41) is 0. The van der Waals surface area contributed by atoms with Crippen molar-refractivity contribution in [2.45, 2.75) is 13.3 Å². The average molecular weight is 285 g/mol. The first-order valence-electron chi connectivity index (χ1n) is 6.77. The molecule has 0 aliphatic carbocycles. The number of hydrogen-bond acceptors (Lipinski definition) is 3. The number of aryl methyl sites for hydroxylation is 1. The molecule has 3 rings (SSSR count). The number of anilines is 2. The van der Waals surface area contributed by atoms with Crippen LogP contribution in [-0.4, -0.2) is 12.5 Å². The van der Waals surface area contributed by atoms with Gasteiger partial charge in [-0.15, -0.1) is 0 Å². The number of hydrogen-bond donors (Lipinski definition) is 2. The Balaban J connectivity index is 1.96. The summed E-state index contributed by atoms with van der Waals surface area (Å²) in [5.41, 5.74) is 6.41. The lowest BCUT2D eigenvalue weighted by Crippen LogP contribution is -2.29. The van der Waals surface area contributed by atoms with E-state index in [1.165, 1.54) is 12.1 Å². The Morgan fingerprint density at radius 2 is 2.10 bits per heavy atom. The minimum Gasteiger partial charge on any atom is -0.324 e. The number of rotatable bonds is 2. The van der Waals surface area contributed by atoms with E-state index in [9.17, 15) is 9.18 Å². The molecule has 3 N–H and O–H groups in total. The van der Waals surface area contributed by atoms with Gasteiger partial charge >= 0.3 is 0 Å². The number of hydrazine groups is 1. The summed E-state index contributed by atoms with van der Waals surface area (Å²) in [7, 11) is 0. The summed E-state index contributed by atoms with van der Waals surface area (Å²) >= 11 is 0. The number of carbonyl (C=O) groups excluding carboxylic acids is 1. The molecule has 4 nitrogen and oxygen atoms in total. The molecule has 21 heavy (non-hydrogen) atoms. The number of fused-ring (bicyclic) bond motifs is 1. The van der Waals surface area contributed by atoms with Crippen LogP contribution in [0.25, 0.3) is 0 Å². The fraction of sp³-hybridized carbons (Fsp3) is 0.188. The van der Waals surface area contributed by atoms with Crippen molar-refractivity contribution >= 4 is 17.3 Å². The number of halogens is 1. The van der Waals surface area contributed by atoms with Crippen LogP contribution in [0.15, 0.2) is 36.4 Å². The number of nitrogens with zero attached hydrogens (tertiary/aromatic N) is 1. The van der Waals surface area contributed by atoms with E-state index in [-0.39, 0.29) is 11.7 Å². The maximum atomic E-state index is 13.4. The molecule has 0 atom stereocenters. The topological polar surface area (TPSA) is 58.4 Å². The van der Waals surface area contributed by atoms with Crippen LogP contribution in [0.5, 0.6) is 0 Å². The van der Waals surface area contributed by atoms with Crippen molar-refractivity contribution in [3.8, 4) is 0 Å². The maximum absolute atomic E-state index is 13.4. The number of carbonyl (C=O) groups is 1. The highest BCUT2D eigenvalue weighted by molar-refractivity contribution is 6.08. The molecule has 0 saturated carbocycles. The number of nitrogen functional groups attached to an aromatic ring is 1. The van der Waals surface area contributed by atoms with Gasteiger partial charge in [0.05, 0.1) is 5.69 Å².